The highest BCUT2D eigenvalue weighted by atomic mass is 14.2. The third-order valence-electron chi connectivity index (χ3n) is 4.44. The zero-order valence-electron chi connectivity index (χ0n) is 11.7. The maximum Gasteiger partial charge on any atom is -0.0184 e. The summed E-state index contributed by atoms with van der Waals surface area (Å²) in [6, 6.07) is 17.5. The Morgan fingerprint density at radius 3 is 1.95 bits per heavy atom. The number of rotatable bonds is 0. The van der Waals surface area contributed by atoms with E-state index in [1.165, 1.54) is 32.1 Å². The Hall–Kier alpha value is -1.56. The van der Waals surface area contributed by atoms with Crippen LogP contribution in [0, 0.1) is 0 Å². The van der Waals surface area contributed by atoms with Gasteiger partial charge in [0.2, 0.25) is 0 Å². The molecule has 0 heterocycles. The van der Waals surface area contributed by atoms with E-state index in [0.29, 0.717) is 0 Å². The fraction of sp³-hybridized carbons (Fsp3) is 0.368. The van der Waals surface area contributed by atoms with Crippen LogP contribution in [-0.4, -0.2) is 0 Å². The SMILES string of the molecule is CC1CCc2ccccc21.c1ccc2c(c1)CCC2. The van der Waals surface area contributed by atoms with Crippen molar-refractivity contribution in [1.29, 1.82) is 0 Å². The summed E-state index contributed by atoms with van der Waals surface area (Å²) >= 11 is 0. The Labute approximate surface area is 116 Å². The molecule has 0 heteroatoms. The average molecular weight is 250 g/mol. The van der Waals surface area contributed by atoms with Crippen molar-refractivity contribution >= 4 is 0 Å². The van der Waals surface area contributed by atoms with E-state index >= 15 is 0 Å². The third-order valence-corrected chi connectivity index (χ3v) is 4.44. The van der Waals surface area contributed by atoms with Crippen molar-refractivity contribution < 1.29 is 0 Å². The van der Waals surface area contributed by atoms with E-state index in [-0.39, 0.29) is 0 Å². The molecule has 2 aromatic rings. The lowest BCUT2D eigenvalue weighted by Crippen LogP contribution is -1.83. The van der Waals surface area contributed by atoms with Crippen molar-refractivity contribution in [3.05, 3.63) is 70.8 Å². The second-order valence-corrected chi connectivity index (χ2v) is 5.76. The smallest absolute Gasteiger partial charge is 0.0184 e. The lowest BCUT2D eigenvalue weighted by molar-refractivity contribution is 0.747. The van der Waals surface area contributed by atoms with Gasteiger partial charge in [-0.1, -0.05) is 55.5 Å². The summed E-state index contributed by atoms with van der Waals surface area (Å²) in [6.07, 6.45) is 6.60. The second-order valence-electron chi connectivity index (χ2n) is 5.76. The summed E-state index contributed by atoms with van der Waals surface area (Å²) < 4.78 is 0. The minimum Gasteiger partial charge on any atom is -0.0620 e. The molecule has 0 saturated heterocycles. The normalized spacial score (nSPS) is 19.3. The molecule has 0 amide bonds. The fourth-order valence-electron chi connectivity index (χ4n) is 3.28. The van der Waals surface area contributed by atoms with E-state index in [2.05, 4.69) is 55.5 Å². The van der Waals surface area contributed by atoms with Crippen molar-refractivity contribution in [2.45, 2.75) is 44.9 Å². The van der Waals surface area contributed by atoms with Gasteiger partial charge in [0, 0.05) is 0 Å². The summed E-state index contributed by atoms with van der Waals surface area (Å²) in [4.78, 5) is 0. The molecular formula is C19H22. The van der Waals surface area contributed by atoms with E-state index < -0.39 is 0 Å². The van der Waals surface area contributed by atoms with Crippen LogP contribution in [0.4, 0.5) is 0 Å². The van der Waals surface area contributed by atoms with E-state index in [1.807, 2.05) is 0 Å². The van der Waals surface area contributed by atoms with Crippen molar-refractivity contribution in [1.82, 2.24) is 0 Å². The van der Waals surface area contributed by atoms with Gasteiger partial charge in [0.15, 0.2) is 0 Å². The van der Waals surface area contributed by atoms with Gasteiger partial charge in [0.05, 0.1) is 0 Å². The quantitative estimate of drug-likeness (QED) is 0.623. The molecule has 0 fully saturated rings. The number of hydrogen-bond acceptors (Lipinski definition) is 0. The van der Waals surface area contributed by atoms with Crippen molar-refractivity contribution in [2.24, 2.45) is 0 Å². The maximum atomic E-state index is 2.31. The molecule has 0 spiro atoms. The van der Waals surface area contributed by atoms with Gasteiger partial charge in [-0.3, -0.25) is 0 Å². The molecule has 4 rings (SSSR count). The maximum absolute atomic E-state index is 2.31. The Kier molecular flexibility index (Phi) is 3.68. The first-order valence-corrected chi connectivity index (χ1v) is 7.49. The molecule has 0 N–H and O–H groups in total. The number of fused-ring (bicyclic) bond motifs is 2. The molecule has 1 atom stereocenters. The van der Waals surface area contributed by atoms with E-state index in [0.717, 1.165) is 5.92 Å². The average Bonchev–Trinajstić information content (AvgIpc) is 3.07. The van der Waals surface area contributed by atoms with Crippen LogP contribution in [0.1, 0.15) is 47.9 Å². The summed E-state index contributed by atoms with van der Waals surface area (Å²) in [6.45, 7) is 2.31. The minimum absolute atomic E-state index is 0.802. The van der Waals surface area contributed by atoms with Gasteiger partial charge in [-0.2, -0.15) is 0 Å². The highest BCUT2D eigenvalue weighted by molar-refractivity contribution is 5.34. The van der Waals surface area contributed by atoms with Gasteiger partial charge in [-0.25, -0.2) is 0 Å². The molecule has 1 unspecified atom stereocenters. The summed E-state index contributed by atoms with van der Waals surface area (Å²) in [5.41, 5.74) is 6.27. The topological polar surface area (TPSA) is 0 Å². The number of hydrogen-bond donors (Lipinski definition) is 0. The van der Waals surface area contributed by atoms with E-state index in [4.69, 9.17) is 0 Å². The standard InChI is InChI=1S/C10H12.C9H10/c1-8-6-7-9-4-2-3-5-10(8)9;1-2-5-9-7-3-6-8(9)4-1/h2-5,8H,6-7H2,1H3;1-2,4-5H,3,6-7H2. The second kappa shape index (κ2) is 5.61. The van der Waals surface area contributed by atoms with Gasteiger partial charge in [-0.05, 0) is 60.3 Å². The molecule has 2 aliphatic rings. The monoisotopic (exact) mass is 250 g/mol. The lowest BCUT2D eigenvalue weighted by atomic mass is 10.0. The Bertz CT molecular complexity index is 530. The third kappa shape index (κ3) is 2.73. The summed E-state index contributed by atoms with van der Waals surface area (Å²) in [5.74, 6) is 0.802. The first-order valence-electron chi connectivity index (χ1n) is 7.49. The number of aryl methyl sites for hydroxylation is 3. The molecule has 0 aromatic heterocycles. The van der Waals surface area contributed by atoms with Crippen molar-refractivity contribution in [2.75, 3.05) is 0 Å². The first kappa shape index (κ1) is 12.5. The largest absolute Gasteiger partial charge is 0.0620 e. The predicted molar refractivity (Wildman–Crippen MR) is 81.6 cm³/mol. The molecule has 19 heavy (non-hydrogen) atoms. The zero-order valence-corrected chi connectivity index (χ0v) is 11.7. The minimum atomic E-state index is 0.802. The van der Waals surface area contributed by atoms with Gasteiger partial charge in [-0.15, -0.1) is 0 Å². The first-order chi connectivity index (χ1) is 9.34. The van der Waals surface area contributed by atoms with Crippen LogP contribution in [0.5, 0.6) is 0 Å². The Morgan fingerprint density at radius 1 is 0.737 bits per heavy atom. The van der Waals surface area contributed by atoms with Crippen LogP contribution in [0.15, 0.2) is 48.5 Å². The molecule has 0 saturated carbocycles. The fourth-order valence-corrected chi connectivity index (χ4v) is 3.28. The predicted octanol–water partition coefficient (Wildman–Crippen LogP) is 4.91. The van der Waals surface area contributed by atoms with Crippen LogP contribution in [-0.2, 0) is 19.3 Å². The van der Waals surface area contributed by atoms with Crippen LogP contribution in [0.25, 0.3) is 0 Å². The van der Waals surface area contributed by atoms with Gasteiger partial charge < -0.3 is 0 Å². The van der Waals surface area contributed by atoms with Gasteiger partial charge in [0.1, 0.15) is 0 Å². The van der Waals surface area contributed by atoms with Gasteiger partial charge >= 0.3 is 0 Å². The number of benzene rings is 2. The molecular weight excluding hydrogens is 228 g/mol. The Balaban J connectivity index is 0.000000117. The lowest BCUT2D eigenvalue weighted by Gasteiger charge is -2.01. The molecule has 2 aromatic carbocycles. The van der Waals surface area contributed by atoms with E-state index in [9.17, 15) is 0 Å². The molecule has 0 nitrogen and oxygen atoms in total. The van der Waals surface area contributed by atoms with Crippen LogP contribution in [0.2, 0.25) is 0 Å². The van der Waals surface area contributed by atoms with Crippen LogP contribution in [0.3, 0.4) is 0 Å². The highest BCUT2D eigenvalue weighted by Crippen LogP contribution is 2.31. The molecule has 2 aliphatic carbocycles. The molecule has 0 bridgehead atoms. The van der Waals surface area contributed by atoms with Crippen molar-refractivity contribution in [3.8, 4) is 0 Å². The summed E-state index contributed by atoms with van der Waals surface area (Å²) in [7, 11) is 0. The molecule has 0 aliphatic heterocycles. The highest BCUT2D eigenvalue weighted by Gasteiger charge is 2.16. The molecule has 98 valence electrons. The summed E-state index contributed by atoms with van der Waals surface area (Å²) in [5, 5.41) is 0. The van der Waals surface area contributed by atoms with Crippen LogP contribution < -0.4 is 0 Å². The zero-order chi connectivity index (χ0) is 13.1. The van der Waals surface area contributed by atoms with Gasteiger partial charge in [0.25, 0.3) is 0 Å². The van der Waals surface area contributed by atoms with Crippen molar-refractivity contribution in [3.63, 3.8) is 0 Å². The Morgan fingerprint density at radius 2 is 1.32 bits per heavy atom. The van der Waals surface area contributed by atoms with E-state index in [1.54, 1.807) is 22.3 Å². The van der Waals surface area contributed by atoms with Crippen LogP contribution >= 0.6 is 0 Å². The molecule has 0 radical (unpaired) electrons.